The number of hydrogen-bond acceptors (Lipinski definition) is 2. The standard InChI is InChI=1S/C14H12BrCl2NO2S/c1-9-3-2-4-10(5-9)8-18-21(19,20)14-12(16)6-11(15)7-13(14)17/h2-7,18H,8H2,1H3. The predicted molar refractivity (Wildman–Crippen MR) is 89.4 cm³/mol. The van der Waals surface area contributed by atoms with Crippen LogP contribution in [0.15, 0.2) is 45.8 Å². The molecule has 0 heterocycles. The fourth-order valence-electron chi connectivity index (χ4n) is 1.86. The fourth-order valence-corrected chi connectivity index (χ4v) is 4.81. The summed E-state index contributed by atoms with van der Waals surface area (Å²) in [5.41, 5.74) is 1.93. The third kappa shape index (κ3) is 4.20. The highest BCUT2D eigenvalue weighted by Gasteiger charge is 2.22. The number of sulfonamides is 1. The van der Waals surface area contributed by atoms with Gasteiger partial charge in [0.25, 0.3) is 0 Å². The van der Waals surface area contributed by atoms with Gasteiger partial charge in [-0.3, -0.25) is 0 Å². The predicted octanol–water partition coefficient (Wildman–Crippen LogP) is 4.54. The van der Waals surface area contributed by atoms with E-state index in [4.69, 9.17) is 23.2 Å². The van der Waals surface area contributed by atoms with Crippen molar-refractivity contribution in [3.63, 3.8) is 0 Å². The van der Waals surface area contributed by atoms with Crippen LogP contribution in [0.4, 0.5) is 0 Å². The lowest BCUT2D eigenvalue weighted by molar-refractivity contribution is 0.581. The maximum atomic E-state index is 12.3. The highest BCUT2D eigenvalue weighted by Crippen LogP contribution is 2.32. The second-order valence-electron chi connectivity index (χ2n) is 4.51. The molecule has 0 spiro atoms. The number of rotatable bonds is 4. The van der Waals surface area contributed by atoms with E-state index in [1.54, 1.807) is 0 Å². The van der Waals surface area contributed by atoms with Crippen LogP contribution in [0.3, 0.4) is 0 Å². The van der Waals surface area contributed by atoms with Gasteiger partial charge in [0, 0.05) is 11.0 Å². The first-order chi connectivity index (χ1) is 9.79. The van der Waals surface area contributed by atoms with Crippen molar-refractivity contribution in [1.29, 1.82) is 0 Å². The van der Waals surface area contributed by atoms with Gasteiger partial charge in [-0.2, -0.15) is 0 Å². The van der Waals surface area contributed by atoms with E-state index in [1.165, 1.54) is 12.1 Å². The molecule has 3 nitrogen and oxygen atoms in total. The highest BCUT2D eigenvalue weighted by atomic mass is 79.9. The summed E-state index contributed by atoms with van der Waals surface area (Å²) < 4.78 is 27.8. The fraction of sp³-hybridized carbons (Fsp3) is 0.143. The highest BCUT2D eigenvalue weighted by molar-refractivity contribution is 9.10. The molecule has 0 saturated heterocycles. The Bertz CT molecular complexity index is 755. The smallest absolute Gasteiger partial charge is 0.207 e. The van der Waals surface area contributed by atoms with Gasteiger partial charge in [-0.25, -0.2) is 13.1 Å². The molecule has 0 radical (unpaired) electrons. The monoisotopic (exact) mass is 407 g/mol. The minimum atomic E-state index is -3.78. The van der Waals surface area contributed by atoms with Crippen LogP contribution >= 0.6 is 39.1 Å². The topological polar surface area (TPSA) is 46.2 Å². The average molecular weight is 409 g/mol. The molecule has 0 aromatic heterocycles. The van der Waals surface area contributed by atoms with E-state index >= 15 is 0 Å². The molecule has 112 valence electrons. The van der Waals surface area contributed by atoms with Gasteiger partial charge in [-0.1, -0.05) is 69.0 Å². The summed E-state index contributed by atoms with van der Waals surface area (Å²) in [6.45, 7) is 2.12. The zero-order valence-corrected chi connectivity index (χ0v) is 14.9. The Morgan fingerprint density at radius 1 is 1.14 bits per heavy atom. The van der Waals surface area contributed by atoms with Gasteiger partial charge in [0.15, 0.2) is 0 Å². The Labute approximate surface area is 142 Å². The Balaban J connectivity index is 2.27. The van der Waals surface area contributed by atoms with Crippen molar-refractivity contribution in [1.82, 2.24) is 4.72 Å². The van der Waals surface area contributed by atoms with E-state index in [2.05, 4.69) is 20.7 Å². The molecule has 0 amide bonds. The van der Waals surface area contributed by atoms with E-state index in [-0.39, 0.29) is 21.5 Å². The lowest BCUT2D eigenvalue weighted by atomic mass is 10.1. The SMILES string of the molecule is Cc1cccc(CNS(=O)(=O)c2c(Cl)cc(Br)cc2Cl)c1. The largest absolute Gasteiger partial charge is 0.243 e. The Morgan fingerprint density at radius 3 is 2.33 bits per heavy atom. The van der Waals surface area contributed by atoms with E-state index in [0.29, 0.717) is 4.47 Å². The molecular weight excluding hydrogens is 397 g/mol. The van der Waals surface area contributed by atoms with Crippen LogP contribution in [0.1, 0.15) is 11.1 Å². The van der Waals surface area contributed by atoms with Gasteiger partial charge in [0.2, 0.25) is 10.0 Å². The molecular formula is C14H12BrCl2NO2S. The second kappa shape index (κ2) is 6.67. The molecule has 2 rings (SSSR count). The van der Waals surface area contributed by atoms with Crippen molar-refractivity contribution >= 4 is 49.2 Å². The molecule has 7 heteroatoms. The molecule has 2 aromatic rings. The zero-order valence-electron chi connectivity index (χ0n) is 11.0. The maximum Gasteiger partial charge on any atom is 0.243 e. The lowest BCUT2D eigenvalue weighted by Crippen LogP contribution is -2.24. The third-order valence-electron chi connectivity index (χ3n) is 2.78. The molecule has 0 bridgehead atoms. The van der Waals surface area contributed by atoms with Crippen LogP contribution < -0.4 is 4.72 Å². The summed E-state index contributed by atoms with van der Waals surface area (Å²) in [5.74, 6) is 0. The second-order valence-corrected chi connectivity index (χ2v) is 7.95. The normalized spacial score (nSPS) is 11.6. The molecule has 0 aliphatic rings. The number of hydrogen-bond donors (Lipinski definition) is 1. The molecule has 21 heavy (non-hydrogen) atoms. The molecule has 0 aliphatic carbocycles. The summed E-state index contributed by atoms with van der Waals surface area (Å²) in [5, 5.41) is 0.150. The van der Waals surface area contributed by atoms with Crippen LogP contribution in [-0.2, 0) is 16.6 Å². The van der Waals surface area contributed by atoms with Crippen LogP contribution in [0.2, 0.25) is 10.0 Å². The maximum absolute atomic E-state index is 12.3. The number of benzene rings is 2. The Hall–Kier alpha value is -0.590. The quantitative estimate of drug-likeness (QED) is 0.806. The minimum absolute atomic E-state index is 0.0751. The van der Waals surface area contributed by atoms with Crippen molar-refractivity contribution in [2.24, 2.45) is 0 Å². The third-order valence-corrected chi connectivity index (χ3v) is 5.56. The molecule has 0 saturated carbocycles. The van der Waals surface area contributed by atoms with Crippen LogP contribution in [0.25, 0.3) is 0 Å². The van der Waals surface area contributed by atoms with Crippen molar-refractivity contribution in [3.8, 4) is 0 Å². The lowest BCUT2D eigenvalue weighted by Gasteiger charge is -2.11. The minimum Gasteiger partial charge on any atom is -0.207 e. The summed E-state index contributed by atoms with van der Waals surface area (Å²) in [4.78, 5) is -0.110. The molecule has 0 unspecified atom stereocenters. The molecule has 1 N–H and O–H groups in total. The summed E-state index contributed by atoms with van der Waals surface area (Å²) >= 11 is 15.2. The summed E-state index contributed by atoms with van der Waals surface area (Å²) in [6, 6.07) is 10.6. The van der Waals surface area contributed by atoms with Gasteiger partial charge in [-0.15, -0.1) is 0 Å². The molecule has 0 aliphatic heterocycles. The van der Waals surface area contributed by atoms with Gasteiger partial charge in [0.05, 0.1) is 10.0 Å². The molecule has 0 fully saturated rings. The zero-order chi connectivity index (χ0) is 15.6. The van der Waals surface area contributed by atoms with Crippen molar-refractivity contribution in [2.75, 3.05) is 0 Å². The Morgan fingerprint density at radius 2 is 1.76 bits per heavy atom. The summed E-state index contributed by atoms with van der Waals surface area (Å²) in [7, 11) is -3.78. The summed E-state index contributed by atoms with van der Waals surface area (Å²) in [6.07, 6.45) is 0. The van der Waals surface area contributed by atoms with Crippen LogP contribution in [0, 0.1) is 6.92 Å². The van der Waals surface area contributed by atoms with Gasteiger partial charge in [0.1, 0.15) is 4.90 Å². The van der Waals surface area contributed by atoms with E-state index < -0.39 is 10.0 Å². The van der Waals surface area contributed by atoms with Crippen molar-refractivity contribution in [2.45, 2.75) is 18.4 Å². The first-order valence-corrected chi connectivity index (χ1v) is 9.02. The van der Waals surface area contributed by atoms with Gasteiger partial charge < -0.3 is 0 Å². The van der Waals surface area contributed by atoms with Crippen LogP contribution in [-0.4, -0.2) is 8.42 Å². The number of nitrogens with one attached hydrogen (secondary N) is 1. The first kappa shape index (κ1) is 16.8. The van der Waals surface area contributed by atoms with Crippen LogP contribution in [0.5, 0.6) is 0 Å². The molecule has 0 atom stereocenters. The number of aryl methyl sites for hydroxylation is 1. The molecule has 2 aromatic carbocycles. The van der Waals surface area contributed by atoms with E-state index in [9.17, 15) is 8.42 Å². The van der Waals surface area contributed by atoms with Gasteiger partial charge >= 0.3 is 0 Å². The number of halogens is 3. The van der Waals surface area contributed by atoms with Crippen molar-refractivity contribution in [3.05, 3.63) is 62.0 Å². The van der Waals surface area contributed by atoms with E-state index in [1.807, 2.05) is 31.2 Å². The van der Waals surface area contributed by atoms with Gasteiger partial charge in [-0.05, 0) is 24.6 Å². The van der Waals surface area contributed by atoms with Crippen molar-refractivity contribution < 1.29 is 8.42 Å². The first-order valence-electron chi connectivity index (χ1n) is 5.99. The Kier molecular flexibility index (Phi) is 5.33. The van der Waals surface area contributed by atoms with E-state index in [0.717, 1.165) is 11.1 Å². The average Bonchev–Trinajstić information content (AvgIpc) is 2.35.